The Bertz CT molecular complexity index is 879. The minimum Gasteiger partial charge on any atom is -0.325 e. The van der Waals surface area contributed by atoms with E-state index in [-0.39, 0.29) is 11.7 Å². The summed E-state index contributed by atoms with van der Waals surface area (Å²) in [7, 11) is 1.90. The van der Waals surface area contributed by atoms with Crippen LogP contribution in [0.2, 0.25) is 0 Å². The highest BCUT2D eigenvalue weighted by atomic mass is 79.9. The number of anilines is 1. The van der Waals surface area contributed by atoms with Crippen LogP contribution in [-0.2, 0) is 11.8 Å². The van der Waals surface area contributed by atoms with E-state index in [0.717, 1.165) is 26.0 Å². The zero-order chi connectivity index (χ0) is 17.8. The van der Waals surface area contributed by atoms with E-state index in [0.29, 0.717) is 5.16 Å². The minimum absolute atomic E-state index is 0.0829. The van der Waals surface area contributed by atoms with Crippen LogP contribution in [0.5, 0.6) is 0 Å². The van der Waals surface area contributed by atoms with Gasteiger partial charge in [-0.2, -0.15) is 0 Å². The second-order valence-corrected chi connectivity index (χ2v) is 7.99. The quantitative estimate of drug-likeness (QED) is 0.534. The van der Waals surface area contributed by atoms with Gasteiger partial charge in [-0.15, -0.1) is 10.2 Å². The van der Waals surface area contributed by atoms with Gasteiger partial charge in [-0.05, 0) is 36.4 Å². The molecule has 1 N–H and O–H groups in total. The Balaban J connectivity index is 1.62. The molecule has 0 saturated heterocycles. The summed E-state index contributed by atoms with van der Waals surface area (Å²) in [6, 6.07) is 15.3. The number of amides is 1. The summed E-state index contributed by atoms with van der Waals surface area (Å²) in [5, 5.41) is 12.0. The summed E-state index contributed by atoms with van der Waals surface area (Å²) in [6.07, 6.45) is 0. The topological polar surface area (TPSA) is 59.8 Å². The number of aromatic nitrogens is 3. The molecule has 8 heteroatoms. The molecule has 0 fully saturated rings. The van der Waals surface area contributed by atoms with E-state index in [1.54, 1.807) is 0 Å². The lowest BCUT2D eigenvalue weighted by Crippen LogP contribution is -2.14. The van der Waals surface area contributed by atoms with Crippen LogP contribution in [0.15, 0.2) is 62.6 Å². The lowest BCUT2D eigenvalue weighted by molar-refractivity contribution is -0.113. The molecule has 128 valence electrons. The minimum atomic E-state index is -0.0829. The predicted octanol–water partition coefficient (Wildman–Crippen LogP) is 4.74. The fourth-order valence-electron chi connectivity index (χ4n) is 2.15. The number of benzene rings is 2. The van der Waals surface area contributed by atoms with Crippen molar-refractivity contribution in [1.82, 2.24) is 14.8 Å². The third-order valence-electron chi connectivity index (χ3n) is 3.40. The van der Waals surface area contributed by atoms with E-state index in [9.17, 15) is 4.79 Å². The number of hydrogen-bond donors (Lipinski definition) is 1. The zero-order valence-corrected chi connectivity index (χ0v) is 17.2. The molecule has 3 aromatic rings. The van der Waals surface area contributed by atoms with Crippen molar-refractivity contribution in [3.05, 3.63) is 57.5 Å². The van der Waals surface area contributed by atoms with Crippen molar-refractivity contribution in [2.24, 2.45) is 7.05 Å². The smallest absolute Gasteiger partial charge is 0.234 e. The van der Waals surface area contributed by atoms with Gasteiger partial charge in [0, 0.05) is 27.2 Å². The van der Waals surface area contributed by atoms with Crippen LogP contribution in [0.3, 0.4) is 0 Å². The Hall–Kier alpha value is -1.64. The number of rotatable bonds is 5. The Morgan fingerprint density at radius 3 is 2.28 bits per heavy atom. The molecule has 0 spiro atoms. The summed E-state index contributed by atoms with van der Waals surface area (Å²) in [5.74, 6) is 0.950. The Labute approximate surface area is 166 Å². The predicted molar refractivity (Wildman–Crippen MR) is 108 cm³/mol. The number of nitrogens with one attached hydrogen (secondary N) is 1. The van der Waals surface area contributed by atoms with Crippen molar-refractivity contribution in [2.45, 2.75) is 5.16 Å². The van der Waals surface area contributed by atoms with Gasteiger partial charge in [0.05, 0.1) is 5.75 Å². The number of halogens is 2. The number of carbonyl (C=O) groups is 1. The SMILES string of the molecule is Cn1c(SCC(=O)Nc2ccc(Br)cc2)nnc1-c1ccc(Br)cc1. The average Bonchev–Trinajstić information content (AvgIpc) is 2.97. The molecular formula is C17H14Br2N4OS. The largest absolute Gasteiger partial charge is 0.325 e. The van der Waals surface area contributed by atoms with Gasteiger partial charge >= 0.3 is 0 Å². The third kappa shape index (κ3) is 4.71. The standard InChI is InChI=1S/C17H14Br2N4OS/c1-23-16(11-2-4-12(18)5-3-11)21-22-17(23)25-10-15(24)20-14-8-6-13(19)7-9-14/h2-9H,10H2,1H3,(H,20,24). The third-order valence-corrected chi connectivity index (χ3v) is 5.48. The van der Waals surface area contributed by atoms with Crippen LogP contribution in [0.4, 0.5) is 5.69 Å². The van der Waals surface area contributed by atoms with Crippen molar-refractivity contribution in [3.63, 3.8) is 0 Å². The van der Waals surface area contributed by atoms with Crippen molar-refractivity contribution in [3.8, 4) is 11.4 Å². The van der Waals surface area contributed by atoms with Crippen molar-refractivity contribution in [2.75, 3.05) is 11.1 Å². The van der Waals surface area contributed by atoms with Gasteiger partial charge in [0.2, 0.25) is 5.91 Å². The van der Waals surface area contributed by atoms with Gasteiger partial charge in [-0.25, -0.2) is 0 Å². The zero-order valence-electron chi connectivity index (χ0n) is 13.2. The second-order valence-electron chi connectivity index (χ2n) is 5.22. The van der Waals surface area contributed by atoms with Crippen LogP contribution in [0.1, 0.15) is 0 Å². The lowest BCUT2D eigenvalue weighted by Gasteiger charge is -2.06. The van der Waals surface area contributed by atoms with E-state index >= 15 is 0 Å². The van der Waals surface area contributed by atoms with E-state index in [1.807, 2.05) is 60.1 Å². The first-order valence-corrected chi connectivity index (χ1v) is 9.93. The molecular weight excluding hydrogens is 468 g/mol. The molecule has 0 aliphatic carbocycles. The van der Waals surface area contributed by atoms with Crippen LogP contribution >= 0.6 is 43.6 Å². The number of hydrogen-bond acceptors (Lipinski definition) is 4. The normalized spacial score (nSPS) is 10.7. The molecule has 0 bridgehead atoms. The summed E-state index contributed by atoms with van der Waals surface area (Å²) >= 11 is 8.14. The molecule has 5 nitrogen and oxygen atoms in total. The monoisotopic (exact) mass is 480 g/mol. The van der Waals surface area contributed by atoms with Gasteiger partial charge in [0.15, 0.2) is 11.0 Å². The molecule has 0 aliphatic rings. The van der Waals surface area contributed by atoms with Crippen molar-refractivity contribution < 1.29 is 4.79 Å². The molecule has 1 aromatic heterocycles. The molecule has 3 rings (SSSR count). The summed E-state index contributed by atoms with van der Waals surface area (Å²) in [6.45, 7) is 0. The average molecular weight is 482 g/mol. The maximum atomic E-state index is 12.1. The molecule has 1 heterocycles. The molecule has 2 aromatic carbocycles. The maximum Gasteiger partial charge on any atom is 0.234 e. The molecule has 0 saturated carbocycles. The second kappa shape index (κ2) is 8.16. The highest BCUT2D eigenvalue weighted by Crippen LogP contribution is 2.24. The van der Waals surface area contributed by atoms with Gasteiger partial charge < -0.3 is 9.88 Å². The highest BCUT2D eigenvalue weighted by molar-refractivity contribution is 9.10. The first kappa shape index (κ1) is 18.2. The highest BCUT2D eigenvalue weighted by Gasteiger charge is 2.13. The van der Waals surface area contributed by atoms with E-state index in [1.165, 1.54) is 11.8 Å². The molecule has 0 unspecified atom stereocenters. The van der Waals surface area contributed by atoms with Crippen LogP contribution in [-0.4, -0.2) is 26.4 Å². The van der Waals surface area contributed by atoms with Crippen molar-refractivity contribution in [1.29, 1.82) is 0 Å². The molecule has 0 radical (unpaired) electrons. The first-order valence-electron chi connectivity index (χ1n) is 7.36. The molecule has 0 atom stereocenters. The summed E-state index contributed by atoms with van der Waals surface area (Å²) < 4.78 is 3.87. The fraction of sp³-hybridized carbons (Fsp3) is 0.118. The number of nitrogens with zero attached hydrogens (tertiary/aromatic N) is 3. The Morgan fingerprint density at radius 1 is 1.04 bits per heavy atom. The van der Waals surface area contributed by atoms with Crippen molar-refractivity contribution >= 4 is 55.2 Å². The Morgan fingerprint density at radius 2 is 1.64 bits per heavy atom. The van der Waals surface area contributed by atoms with Gasteiger partial charge in [0.1, 0.15) is 0 Å². The first-order chi connectivity index (χ1) is 12.0. The number of thioether (sulfide) groups is 1. The maximum absolute atomic E-state index is 12.1. The molecule has 1 amide bonds. The van der Waals surface area contributed by atoms with Crippen LogP contribution < -0.4 is 5.32 Å². The van der Waals surface area contributed by atoms with Crippen LogP contribution in [0, 0.1) is 0 Å². The summed E-state index contributed by atoms with van der Waals surface area (Å²) in [5.41, 5.74) is 1.74. The molecule has 25 heavy (non-hydrogen) atoms. The van der Waals surface area contributed by atoms with Gasteiger partial charge in [0.25, 0.3) is 0 Å². The summed E-state index contributed by atoms with van der Waals surface area (Å²) in [4.78, 5) is 12.1. The van der Waals surface area contributed by atoms with E-state index in [2.05, 4.69) is 47.4 Å². The van der Waals surface area contributed by atoms with E-state index in [4.69, 9.17) is 0 Å². The Kier molecular flexibility index (Phi) is 5.93. The van der Waals surface area contributed by atoms with E-state index < -0.39 is 0 Å². The van der Waals surface area contributed by atoms with Crippen LogP contribution in [0.25, 0.3) is 11.4 Å². The number of carbonyl (C=O) groups excluding carboxylic acids is 1. The molecule has 0 aliphatic heterocycles. The van der Waals surface area contributed by atoms with Gasteiger partial charge in [-0.3, -0.25) is 4.79 Å². The lowest BCUT2D eigenvalue weighted by atomic mass is 10.2. The fourth-order valence-corrected chi connectivity index (χ4v) is 3.39. The van der Waals surface area contributed by atoms with Gasteiger partial charge in [-0.1, -0.05) is 55.8 Å².